The number of nitrogens with zero attached hydrogens (tertiary/aromatic N) is 3. The van der Waals surface area contributed by atoms with Gasteiger partial charge in [0.25, 0.3) is 0 Å². The first kappa shape index (κ1) is 38.6. The van der Waals surface area contributed by atoms with E-state index in [9.17, 15) is 20.0 Å². The van der Waals surface area contributed by atoms with Crippen LogP contribution in [0.3, 0.4) is 0 Å². The summed E-state index contributed by atoms with van der Waals surface area (Å²) in [5.41, 5.74) is 8.09. The Balaban J connectivity index is 1.08. The molecule has 1 aliphatic heterocycles. The molecule has 3 aliphatic rings. The predicted molar refractivity (Wildman–Crippen MR) is 211 cm³/mol. The highest BCUT2D eigenvalue weighted by molar-refractivity contribution is 6.32. The molecule has 0 aromatic heterocycles. The molecule has 1 saturated carbocycles. The first-order valence-electron chi connectivity index (χ1n) is 19.5. The lowest BCUT2D eigenvalue weighted by Crippen LogP contribution is -2.35. The number of halogens is 2. The highest BCUT2D eigenvalue weighted by atomic mass is 35.5. The van der Waals surface area contributed by atoms with Crippen molar-refractivity contribution in [2.75, 3.05) is 26.2 Å². The number of hydrogen-bond donors (Lipinski definition) is 2. The van der Waals surface area contributed by atoms with Crippen molar-refractivity contribution in [3.05, 3.63) is 111 Å². The highest BCUT2D eigenvalue weighted by Crippen LogP contribution is 2.44. The maximum absolute atomic E-state index is 13.5. The summed E-state index contributed by atoms with van der Waals surface area (Å²) in [7, 11) is 0. The standard InChI is InChI=1S/C45H48ClFN4O4/c1-29-35(6-3-11-42(29)53-19-5-16-51-17-14-34(47)15-18-51)36-7-2-8-38-37(36)12-13-43(38)55-45-24-44(54-28-32-21-30(25-48)20-31(22-32)26-49)33(23-39(45)46)27-50-40-9-4-10-41(40)52/h2-3,6-8,11,20-24,34,40-41,43,50,52H,4-5,9-10,12-19,27-28H2,1H3/t40-,41+,43+/m1/s1. The molecule has 0 spiro atoms. The summed E-state index contributed by atoms with van der Waals surface area (Å²) in [6, 6.07) is 25.5. The summed E-state index contributed by atoms with van der Waals surface area (Å²) >= 11 is 6.93. The second-order valence-electron chi connectivity index (χ2n) is 15.0. The van der Waals surface area contributed by atoms with Crippen LogP contribution in [0.1, 0.15) is 90.0 Å². The molecule has 0 radical (unpaired) electrons. The van der Waals surface area contributed by atoms with Gasteiger partial charge in [-0.3, -0.25) is 0 Å². The van der Waals surface area contributed by atoms with Gasteiger partial charge in [0.15, 0.2) is 0 Å². The lowest BCUT2D eigenvalue weighted by Gasteiger charge is -2.28. The van der Waals surface area contributed by atoms with E-state index in [4.69, 9.17) is 25.8 Å². The largest absolute Gasteiger partial charge is 0.493 e. The second-order valence-corrected chi connectivity index (χ2v) is 15.4. The number of aliphatic hydroxyl groups is 1. The lowest BCUT2D eigenvalue weighted by molar-refractivity contribution is 0.143. The van der Waals surface area contributed by atoms with Crippen LogP contribution >= 0.6 is 11.6 Å². The van der Waals surface area contributed by atoms with E-state index in [1.54, 1.807) is 18.2 Å². The summed E-state index contributed by atoms with van der Waals surface area (Å²) in [4.78, 5) is 2.33. The fraction of sp³-hybridized carbons (Fsp3) is 0.422. The van der Waals surface area contributed by atoms with Crippen molar-refractivity contribution >= 4 is 11.6 Å². The van der Waals surface area contributed by atoms with Crippen LogP contribution in [0.25, 0.3) is 11.1 Å². The first-order chi connectivity index (χ1) is 26.8. The predicted octanol–water partition coefficient (Wildman–Crippen LogP) is 8.91. The summed E-state index contributed by atoms with van der Waals surface area (Å²) in [5, 5.41) is 33.4. The Labute approximate surface area is 328 Å². The van der Waals surface area contributed by atoms with E-state index in [2.05, 4.69) is 59.6 Å². The van der Waals surface area contributed by atoms with Crippen molar-refractivity contribution in [2.24, 2.45) is 0 Å². The molecule has 0 amide bonds. The molecule has 2 aliphatic carbocycles. The van der Waals surface area contributed by atoms with Crippen molar-refractivity contribution in [3.8, 4) is 40.5 Å². The van der Waals surface area contributed by atoms with Crippen LogP contribution < -0.4 is 19.5 Å². The molecular formula is C45H48ClFN4O4. The maximum Gasteiger partial charge on any atom is 0.142 e. The summed E-state index contributed by atoms with van der Waals surface area (Å²) < 4.78 is 32.9. The van der Waals surface area contributed by atoms with E-state index in [1.807, 2.05) is 18.2 Å². The van der Waals surface area contributed by atoms with Crippen molar-refractivity contribution < 1.29 is 23.7 Å². The fourth-order valence-corrected chi connectivity index (χ4v) is 8.46. The van der Waals surface area contributed by atoms with Gasteiger partial charge in [-0.05, 0) is 122 Å². The molecule has 1 saturated heterocycles. The SMILES string of the molecule is Cc1c(OCCCN2CCC(F)CC2)cccc1-c1cccc2c1CC[C@@H]2Oc1cc(OCc2cc(C#N)cc(C#N)c2)c(CN[C@@H]2CCC[C@@H]2O)cc1Cl. The van der Waals surface area contributed by atoms with Crippen LogP contribution in [-0.4, -0.2) is 54.6 Å². The zero-order valence-corrected chi connectivity index (χ0v) is 32.1. The Kier molecular flexibility index (Phi) is 12.6. The topological polar surface area (TPSA) is 111 Å². The molecule has 7 rings (SSSR count). The van der Waals surface area contributed by atoms with E-state index < -0.39 is 12.3 Å². The van der Waals surface area contributed by atoms with Gasteiger partial charge >= 0.3 is 0 Å². The van der Waals surface area contributed by atoms with Gasteiger partial charge in [-0.15, -0.1) is 0 Å². The number of nitriles is 2. The van der Waals surface area contributed by atoms with Crippen molar-refractivity contribution in [1.29, 1.82) is 10.5 Å². The smallest absolute Gasteiger partial charge is 0.142 e. The Hall–Kier alpha value is -4.64. The van der Waals surface area contributed by atoms with Crippen molar-refractivity contribution in [3.63, 3.8) is 0 Å². The molecule has 0 bridgehead atoms. The molecular weight excluding hydrogens is 715 g/mol. The third-order valence-electron chi connectivity index (χ3n) is 11.2. The van der Waals surface area contributed by atoms with E-state index in [0.717, 1.165) is 86.2 Å². The number of benzene rings is 4. The molecule has 2 N–H and O–H groups in total. The van der Waals surface area contributed by atoms with E-state index >= 15 is 0 Å². The van der Waals surface area contributed by atoms with Gasteiger partial charge in [0, 0.05) is 43.9 Å². The van der Waals surface area contributed by atoms with Crippen LogP contribution in [0.2, 0.25) is 5.02 Å². The molecule has 8 nitrogen and oxygen atoms in total. The fourth-order valence-electron chi connectivity index (χ4n) is 8.23. The Morgan fingerprint density at radius 1 is 0.891 bits per heavy atom. The normalized spacial score (nSPS) is 19.8. The van der Waals surface area contributed by atoms with Gasteiger partial charge in [0.1, 0.15) is 36.1 Å². The number of rotatable bonds is 14. The van der Waals surface area contributed by atoms with Crippen LogP contribution in [0.15, 0.2) is 66.7 Å². The van der Waals surface area contributed by atoms with Gasteiger partial charge < -0.3 is 29.5 Å². The minimum absolute atomic E-state index is 0.00888. The number of aliphatic hydroxyl groups excluding tert-OH is 1. The first-order valence-corrected chi connectivity index (χ1v) is 19.9. The second kappa shape index (κ2) is 17.9. The van der Waals surface area contributed by atoms with Crippen LogP contribution in [0, 0.1) is 29.6 Å². The van der Waals surface area contributed by atoms with Crippen molar-refractivity contribution in [1.82, 2.24) is 10.2 Å². The Morgan fingerprint density at radius 2 is 1.65 bits per heavy atom. The van der Waals surface area contributed by atoms with Gasteiger partial charge in [0.2, 0.25) is 0 Å². The number of hydrogen-bond acceptors (Lipinski definition) is 8. The number of likely N-dealkylation sites (tertiary alicyclic amines) is 1. The van der Waals surface area contributed by atoms with Crippen LogP contribution in [0.4, 0.5) is 4.39 Å². The van der Waals surface area contributed by atoms with Crippen molar-refractivity contribution in [2.45, 2.75) is 95.9 Å². The zero-order chi connectivity index (χ0) is 38.3. The molecule has 10 heteroatoms. The molecule has 286 valence electrons. The third-order valence-corrected chi connectivity index (χ3v) is 11.5. The van der Waals surface area contributed by atoms with Gasteiger partial charge in [0.05, 0.1) is 41.0 Å². The van der Waals surface area contributed by atoms with Gasteiger partial charge in [-0.25, -0.2) is 4.39 Å². The van der Waals surface area contributed by atoms with Gasteiger partial charge in [-0.2, -0.15) is 10.5 Å². The average molecular weight is 763 g/mol. The van der Waals surface area contributed by atoms with Crippen LogP contribution in [0.5, 0.6) is 17.2 Å². The molecule has 1 heterocycles. The zero-order valence-electron chi connectivity index (χ0n) is 31.3. The summed E-state index contributed by atoms with van der Waals surface area (Å²) in [6.45, 7) is 5.86. The third kappa shape index (κ3) is 9.26. The Morgan fingerprint density at radius 3 is 2.40 bits per heavy atom. The average Bonchev–Trinajstić information content (AvgIpc) is 3.82. The molecule has 0 unspecified atom stereocenters. The molecule has 4 aromatic carbocycles. The minimum Gasteiger partial charge on any atom is -0.493 e. The summed E-state index contributed by atoms with van der Waals surface area (Å²) in [6.07, 6.45) is 5.15. The Bertz CT molecular complexity index is 2040. The molecule has 55 heavy (non-hydrogen) atoms. The highest BCUT2D eigenvalue weighted by Gasteiger charge is 2.29. The minimum atomic E-state index is -0.658. The number of fused-ring (bicyclic) bond motifs is 1. The molecule has 2 fully saturated rings. The number of alkyl halides is 1. The van der Waals surface area contributed by atoms with Gasteiger partial charge in [-0.1, -0.05) is 41.9 Å². The van der Waals surface area contributed by atoms with E-state index in [-0.39, 0.29) is 18.8 Å². The quantitative estimate of drug-likeness (QED) is 0.123. The summed E-state index contributed by atoms with van der Waals surface area (Å²) in [5.74, 6) is 1.96. The number of ether oxygens (including phenoxy) is 3. The number of piperidine rings is 1. The molecule has 4 aromatic rings. The lowest BCUT2D eigenvalue weighted by atomic mass is 9.93. The number of nitrogens with one attached hydrogen (secondary N) is 1. The van der Waals surface area contributed by atoms with Crippen LogP contribution in [-0.2, 0) is 19.6 Å². The maximum atomic E-state index is 13.5. The monoisotopic (exact) mass is 762 g/mol. The molecule has 3 atom stereocenters. The van der Waals surface area contributed by atoms with E-state index in [0.29, 0.717) is 59.2 Å². The van der Waals surface area contributed by atoms with E-state index in [1.165, 1.54) is 11.1 Å².